The molecule has 0 aliphatic carbocycles. The highest BCUT2D eigenvalue weighted by atomic mass is 32.2. The molecular weight excluding hydrogens is 254 g/mol. The van der Waals surface area contributed by atoms with Crippen molar-refractivity contribution >= 4 is 15.7 Å². The lowest BCUT2D eigenvalue weighted by atomic mass is 10.1. The maximum atomic E-state index is 11.1. The number of hydrogen-bond acceptors (Lipinski definition) is 4. The molecule has 0 bridgehead atoms. The molecule has 0 aliphatic heterocycles. The Balaban J connectivity index is 2.38. The molecule has 0 fully saturated rings. The topological polar surface area (TPSA) is 91.9 Å². The molecule has 1 heterocycles. The maximum Gasteiger partial charge on any atom is 0.344 e. The molecule has 6 nitrogen and oxygen atoms in total. The summed E-state index contributed by atoms with van der Waals surface area (Å²) >= 11 is 0. The quantitative estimate of drug-likeness (QED) is 0.859. The Morgan fingerprint density at radius 1 is 1.28 bits per heavy atom. The van der Waals surface area contributed by atoms with Crippen molar-refractivity contribution in [3.05, 3.63) is 47.1 Å². The van der Waals surface area contributed by atoms with Crippen LogP contribution < -0.4 is 10.4 Å². The molecule has 0 atom stereocenters. The minimum atomic E-state index is -3.31. The fourth-order valence-electron chi connectivity index (χ4n) is 1.48. The van der Waals surface area contributed by atoms with E-state index in [2.05, 4.69) is 14.7 Å². The first-order valence-corrected chi connectivity index (χ1v) is 6.96. The molecule has 0 amide bonds. The highest BCUT2D eigenvalue weighted by molar-refractivity contribution is 7.92. The Morgan fingerprint density at radius 2 is 2.06 bits per heavy atom. The molecule has 7 heteroatoms. The van der Waals surface area contributed by atoms with Gasteiger partial charge in [-0.25, -0.2) is 18.2 Å². The van der Waals surface area contributed by atoms with Crippen molar-refractivity contribution in [3.63, 3.8) is 0 Å². The van der Waals surface area contributed by atoms with Gasteiger partial charge in [-0.3, -0.25) is 4.72 Å². The smallest absolute Gasteiger partial charge is 0.312 e. The zero-order chi connectivity index (χ0) is 13.2. The van der Waals surface area contributed by atoms with Crippen molar-refractivity contribution in [2.45, 2.75) is 0 Å². The molecule has 1 aromatic carbocycles. The van der Waals surface area contributed by atoms with E-state index in [4.69, 9.17) is 0 Å². The maximum absolute atomic E-state index is 11.1. The van der Waals surface area contributed by atoms with Gasteiger partial charge in [-0.1, -0.05) is 12.1 Å². The lowest BCUT2D eigenvalue weighted by Crippen LogP contribution is -2.09. The van der Waals surface area contributed by atoms with Crippen molar-refractivity contribution in [1.29, 1.82) is 0 Å². The van der Waals surface area contributed by atoms with Gasteiger partial charge in [0.2, 0.25) is 10.0 Å². The van der Waals surface area contributed by atoms with Gasteiger partial charge in [0, 0.05) is 23.6 Å². The largest absolute Gasteiger partial charge is 0.344 e. The van der Waals surface area contributed by atoms with Gasteiger partial charge in [-0.15, -0.1) is 0 Å². The Morgan fingerprint density at radius 3 is 2.67 bits per heavy atom. The molecule has 0 unspecified atom stereocenters. The lowest BCUT2D eigenvalue weighted by molar-refractivity contribution is 0.607. The number of H-pyrrole nitrogens is 1. The Labute approximate surface area is 104 Å². The van der Waals surface area contributed by atoms with E-state index in [-0.39, 0.29) is 0 Å². The van der Waals surface area contributed by atoms with Crippen LogP contribution in [0.1, 0.15) is 0 Å². The number of rotatable bonds is 3. The molecule has 2 aromatic rings. The average molecular weight is 265 g/mol. The second kappa shape index (κ2) is 4.61. The van der Waals surface area contributed by atoms with Crippen molar-refractivity contribution in [3.8, 4) is 11.1 Å². The van der Waals surface area contributed by atoms with Crippen molar-refractivity contribution in [2.75, 3.05) is 11.0 Å². The number of aromatic nitrogens is 2. The number of anilines is 1. The predicted octanol–water partition coefficient (Wildman–Crippen LogP) is 0.808. The Hall–Kier alpha value is -2.15. The molecule has 18 heavy (non-hydrogen) atoms. The van der Waals surface area contributed by atoms with Crippen molar-refractivity contribution < 1.29 is 8.42 Å². The second-order valence-corrected chi connectivity index (χ2v) is 5.51. The van der Waals surface area contributed by atoms with Crippen LogP contribution in [-0.2, 0) is 10.0 Å². The van der Waals surface area contributed by atoms with Crippen LogP contribution in [0.2, 0.25) is 0 Å². The monoisotopic (exact) mass is 265 g/mol. The average Bonchev–Trinajstić information content (AvgIpc) is 2.28. The van der Waals surface area contributed by atoms with Gasteiger partial charge in [-0.2, -0.15) is 0 Å². The number of hydrogen-bond donors (Lipinski definition) is 2. The van der Waals surface area contributed by atoms with Gasteiger partial charge in [-0.05, 0) is 17.7 Å². The standard InChI is InChI=1S/C11H11N3O3S/c1-18(16,17)14-10-4-2-3-8(5-10)9-6-12-11(15)13-7-9/h2-7,14H,1H3,(H,12,13,15). The van der Waals surface area contributed by atoms with Crippen molar-refractivity contribution in [1.82, 2.24) is 9.97 Å². The minimum Gasteiger partial charge on any atom is -0.312 e. The summed E-state index contributed by atoms with van der Waals surface area (Å²) in [6.45, 7) is 0. The summed E-state index contributed by atoms with van der Waals surface area (Å²) < 4.78 is 24.6. The first-order chi connectivity index (χ1) is 8.44. The lowest BCUT2D eigenvalue weighted by Gasteiger charge is -2.06. The summed E-state index contributed by atoms with van der Waals surface area (Å²) in [5, 5.41) is 0. The van der Waals surface area contributed by atoms with Crippen LogP contribution in [0.3, 0.4) is 0 Å². The van der Waals surface area contributed by atoms with Crippen LogP contribution in [0.25, 0.3) is 11.1 Å². The van der Waals surface area contributed by atoms with E-state index in [0.717, 1.165) is 11.8 Å². The highest BCUT2D eigenvalue weighted by Gasteiger charge is 2.04. The molecule has 2 rings (SSSR count). The normalized spacial score (nSPS) is 11.2. The van der Waals surface area contributed by atoms with Crippen LogP contribution in [-0.4, -0.2) is 24.6 Å². The van der Waals surface area contributed by atoms with E-state index < -0.39 is 15.7 Å². The molecule has 0 aliphatic rings. The van der Waals surface area contributed by atoms with Crippen LogP contribution >= 0.6 is 0 Å². The molecule has 0 radical (unpaired) electrons. The number of benzene rings is 1. The van der Waals surface area contributed by atoms with Gasteiger partial charge < -0.3 is 4.98 Å². The SMILES string of the molecule is CS(=O)(=O)Nc1cccc(-c2cnc(=O)[nH]c2)c1. The van der Waals surface area contributed by atoms with E-state index in [9.17, 15) is 13.2 Å². The fourth-order valence-corrected chi connectivity index (χ4v) is 2.03. The third-order valence-electron chi connectivity index (χ3n) is 2.17. The Bertz CT molecular complexity index is 702. The third kappa shape index (κ3) is 3.17. The molecule has 0 spiro atoms. The van der Waals surface area contributed by atoms with E-state index in [1.165, 1.54) is 12.4 Å². The number of aromatic amines is 1. The van der Waals surface area contributed by atoms with Crippen LogP contribution in [0.5, 0.6) is 0 Å². The summed E-state index contributed by atoms with van der Waals surface area (Å²) in [6.07, 6.45) is 4.04. The Kier molecular flexibility index (Phi) is 3.15. The second-order valence-electron chi connectivity index (χ2n) is 3.76. The number of nitrogens with zero attached hydrogens (tertiary/aromatic N) is 1. The summed E-state index contributed by atoms with van der Waals surface area (Å²) in [5.41, 5.74) is 1.49. The van der Waals surface area contributed by atoms with E-state index in [0.29, 0.717) is 11.3 Å². The molecule has 0 saturated heterocycles. The summed E-state index contributed by atoms with van der Waals surface area (Å²) in [4.78, 5) is 16.9. The van der Waals surface area contributed by atoms with Crippen LogP contribution in [0.4, 0.5) is 5.69 Å². The van der Waals surface area contributed by atoms with E-state index >= 15 is 0 Å². The van der Waals surface area contributed by atoms with Gasteiger partial charge in [0.05, 0.1) is 6.26 Å². The van der Waals surface area contributed by atoms with Crippen molar-refractivity contribution in [2.24, 2.45) is 0 Å². The molecular formula is C11H11N3O3S. The van der Waals surface area contributed by atoms with Gasteiger partial charge >= 0.3 is 5.69 Å². The third-order valence-corrected chi connectivity index (χ3v) is 2.78. The van der Waals surface area contributed by atoms with Gasteiger partial charge in [0.15, 0.2) is 0 Å². The summed E-state index contributed by atoms with van der Waals surface area (Å²) in [7, 11) is -3.31. The summed E-state index contributed by atoms with van der Waals surface area (Å²) in [5.74, 6) is 0. The van der Waals surface area contributed by atoms with Crippen LogP contribution in [0, 0.1) is 0 Å². The predicted molar refractivity (Wildman–Crippen MR) is 68.8 cm³/mol. The zero-order valence-electron chi connectivity index (χ0n) is 9.54. The molecule has 94 valence electrons. The van der Waals surface area contributed by atoms with Gasteiger partial charge in [0.1, 0.15) is 0 Å². The van der Waals surface area contributed by atoms with Gasteiger partial charge in [0.25, 0.3) is 0 Å². The minimum absolute atomic E-state index is 0.427. The van der Waals surface area contributed by atoms with E-state index in [1.54, 1.807) is 24.3 Å². The highest BCUT2D eigenvalue weighted by Crippen LogP contribution is 2.21. The fraction of sp³-hybridized carbons (Fsp3) is 0.0909. The number of nitrogens with one attached hydrogen (secondary N) is 2. The first kappa shape index (κ1) is 12.3. The first-order valence-electron chi connectivity index (χ1n) is 5.07. The van der Waals surface area contributed by atoms with E-state index in [1.807, 2.05) is 0 Å². The molecule has 2 N–H and O–H groups in total. The number of sulfonamides is 1. The molecule has 1 aromatic heterocycles. The zero-order valence-corrected chi connectivity index (χ0v) is 10.4. The molecule has 0 saturated carbocycles. The van der Waals surface area contributed by atoms with Crippen LogP contribution in [0.15, 0.2) is 41.5 Å². The summed E-state index contributed by atoms with van der Waals surface area (Å²) in [6, 6.07) is 6.82.